The summed E-state index contributed by atoms with van der Waals surface area (Å²) >= 11 is 0. The number of carbonyl (C=O) groups is 1. The molecule has 0 aromatic carbocycles. The van der Waals surface area contributed by atoms with Gasteiger partial charge in [-0.15, -0.1) is 0 Å². The maximum Gasteiger partial charge on any atom is 0.327 e. The minimum absolute atomic E-state index is 0.261. The number of hydrogen-bond acceptors (Lipinski definition) is 3. The van der Waals surface area contributed by atoms with Gasteiger partial charge in [0.2, 0.25) is 0 Å². The zero-order valence-corrected chi connectivity index (χ0v) is 5.68. The van der Waals surface area contributed by atoms with Crippen molar-refractivity contribution >= 4 is 5.97 Å². The zero-order chi connectivity index (χ0) is 7.28. The molecule has 0 heterocycles. The predicted octanol–water partition coefficient (Wildman–Crippen LogP) is 0.281. The van der Waals surface area contributed by atoms with E-state index in [1.165, 1.54) is 0 Å². The third-order valence-corrected chi connectivity index (χ3v) is 0.986. The molecule has 3 nitrogen and oxygen atoms in total. The molecule has 0 aliphatic heterocycles. The molecule has 0 aromatic rings. The van der Waals surface area contributed by atoms with Gasteiger partial charge in [0.15, 0.2) is 0 Å². The van der Waals surface area contributed by atoms with Crippen molar-refractivity contribution in [3.8, 4) is 0 Å². The van der Waals surface area contributed by atoms with Gasteiger partial charge in [0.25, 0.3) is 0 Å². The summed E-state index contributed by atoms with van der Waals surface area (Å²) in [6, 6.07) is -0.261. The highest BCUT2D eigenvalue weighted by Gasteiger charge is 2.08. The molecule has 9 heavy (non-hydrogen) atoms. The molecule has 0 aliphatic carbocycles. The SMILES string of the molecule is C=COC(=O)C(C)NC. The lowest BCUT2D eigenvalue weighted by Crippen LogP contribution is -2.31. The van der Waals surface area contributed by atoms with E-state index in [1.54, 1.807) is 14.0 Å². The van der Waals surface area contributed by atoms with Crippen LogP contribution in [-0.2, 0) is 9.53 Å². The molecule has 1 unspecified atom stereocenters. The van der Waals surface area contributed by atoms with Gasteiger partial charge in [-0.1, -0.05) is 6.58 Å². The van der Waals surface area contributed by atoms with Crippen LogP contribution in [0.25, 0.3) is 0 Å². The minimum Gasteiger partial charge on any atom is -0.434 e. The number of hydrogen-bond donors (Lipinski definition) is 1. The highest BCUT2D eigenvalue weighted by Crippen LogP contribution is 1.85. The Morgan fingerprint density at radius 1 is 1.89 bits per heavy atom. The maximum atomic E-state index is 10.6. The molecule has 0 saturated carbocycles. The zero-order valence-electron chi connectivity index (χ0n) is 5.68. The van der Waals surface area contributed by atoms with Gasteiger partial charge in [-0.25, -0.2) is 4.79 Å². The van der Waals surface area contributed by atoms with Crippen molar-refractivity contribution in [3.05, 3.63) is 12.8 Å². The fourth-order valence-corrected chi connectivity index (χ4v) is 0.302. The quantitative estimate of drug-likeness (QED) is 0.439. The first-order chi connectivity index (χ1) is 4.22. The third-order valence-electron chi connectivity index (χ3n) is 0.986. The van der Waals surface area contributed by atoms with Crippen LogP contribution in [0.3, 0.4) is 0 Å². The summed E-state index contributed by atoms with van der Waals surface area (Å²) in [5.74, 6) is -0.312. The van der Waals surface area contributed by atoms with Crippen LogP contribution in [0.4, 0.5) is 0 Å². The monoisotopic (exact) mass is 129 g/mol. The Morgan fingerprint density at radius 2 is 2.44 bits per heavy atom. The van der Waals surface area contributed by atoms with Crippen LogP contribution in [-0.4, -0.2) is 19.1 Å². The Hall–Kier alpha value is -0.830. The second-order valence-corrected chi connectivity index (χ2v) is 1.61. The highest BCUT2D eigenvalue weighted by molar-refractivity contribution is 5.75. The van der Waals surface area contributed by atoms with Crippen molar-refractivity contribution in [2.75, 3.05) is 7.05 Å². The highest BCUT2D eigenvalue weighted by atomic mass is 16.5. The lowest BCUT2D eigenvalue weighted by molar-refractivity contribution is -0.139. The summed E-state index contributed by atoms with van der Waals surface area (Å²) in [5.41, 5.74) is 0. The molecular formula is C6H11NO2. The van der Waals surface area contributed by atoms with E-state index in [0.717, 1.165) is 6.26 Å². The molecule has 0 aromatic heterocycles. The molecule has 52 valence electrons. The van der Waals surface area contributed by atoms with Crippen LogP contribution in [0.1, 0.15) is 6.92 Å². The van der Waals surface area contributed by atoms with Gasteiger partial charge in [-0.3, -0.25) is 0 Å². The van der Waals surface area contributed by atoms with Gasteiger partial charge in [0.05, 0.1) is 6.26 Å². The van der Waals surface area contributed by atoms with Crippen LogP contribution in [0.15, 0.2) is 12.8 Å². The van der Waals surface area contributed by atoms with E-state index in [1.807, 2.05) is 0 Å². The standard InChI is InChI=1S/C6H11NO2/c1-4-9-6(8)5(2)7-3/h4-5,7H,1H2,2-3H3. The largest absolute Gasteiger partial charge is 0.434 e. The minimum atomic E-state index is -0.312. The number of ether oxygens (including phenoxy) is 1. The molecule has 3 heteroatoms. The lowest BCUT2D eigenvalue weighted by Gasteiger charge is -2.05. The van der Waals surface area contributed by atoms with Gasteiger partial charge < -0.3 is 10.1 Å². The molecule has 0 rings (SSSR count). The average molecular weight is 129 g/mol. The summed E-state index contributed by atoms with van der Waals surface area (Å²) in [5, 5.41) is 2.73. The number of rotatable bonds is 3. The lowest BCUT2D eigenvalue weighted by atomic mass is 10.4. The van der Waals surface area contributed by atoms with Crippen LogP contribution in [0.5, 0.6) is 0 Å². The van der Waals surface area contributed by atoms with Crippen LogP contribution < -0.4 is 5.32 Å². The van der Waals surface area contributed by atoms with E-state index in [-0.39, 0.29) is 12.0 Å². The smallest absolute Gasteiger partial charge is 0.327 e. The van der Waals surface area contributed by atoms with Crippen molar-refractivity contribution < 1.29 is 9.53 Å². The Balaban J connectivity index is 3.58. The van der Waals surface area contributed by atoms with Crippen LogP contribution >= 0.6 is 0 Å². The van der Waals surface area contributed by atoms with Gasteiger partial charge >= 0.3 is 5.97 Å². The van der Waals surface area contributed by atoms with Crippen molar-refractivity contribution in [3.63, 3.8) is 0 Å². The Bertz CT molecular complexity index is 112. The molecular weight excluding hydrogens is 118 g/mol. The first-order valence-electron chi connectivity index (χ1n) is 2.71. The van der Waals surface area contributed by atoms with E-state index in [9.17, 15) is 4.79 Å². The molecule has 0 saturated heterocycles. The van der Waals surface area contributed by atoms with Crippen LogP contribution in [0, 0.1) is 0 Å². The summed E-state index contributed by atoms with van der Waals surface area (Å²) in [7, 11) is 1.69. The Labute approximate surface area is 54.7 Å². The van der Waals surface area contributed by atoms with Crippen molar-refractivity contribution in [2.45, 2.75) is 13.0 Å². The normalized spacial score (nSPS) is 12.2. The first kappa shape index (κ1) is 8.17. The van der Waals surface area contributed by atoms with Gasteiger partial charge in [0.1, 0.15) is 6.04 Å². The molecule has 0 bridgehead atoms. The molecule has 1 atom stereocenters. The Kier molecular flexibility index (Phi) is 3.71. The molecule has 0 amide bonds. The summed E-state index contributed by atoms with van der Waals surface area (Å²) in [6.07, 6.45) is 1.12. The number of nitrogens with one attached hydrogen (secondary N) is 1. The fraction of sp³-hybridized carbons (Fsp3) is 0.500. The maximum absolute atomic E-state index is 10.6. The molecule has 0 radical (unpaired) electrons. The molecule has 0 fully saturated rings. The Morgan fingerprint density at radius 3 is 2.78 bits per heavy atom. The summed E-state index contributed by atoms with van der Waals surface area (Å²) in [6.45, 7) is 4.96. The van der Waals surface area contributed by atoms with E-state index in [0.29, 0.717) is 0 Å². The van der Waals surface area contributed by atoms with E-state index < -0.39 is 0 Å². The second-order valence-electron chi connectivity index (χ2n) is 1.61. The number of carbonyl (C=O) groups excluding carboxylic acids is 1. The van der Waals surface area contributed by atoms with Crippen molar-refractivity contribution in [2.24, 2.45) is 0 Å². The van der Waals surface area contributed by atoms with E-state index in [4.69, 9.17) is 0 Å². The molecule has 0 aliphatic rings. The summed E-state index contributed by atoms with van der Waals surface area (Å²) in [4.78, 5) is 10.6. The van der Waals surface area contributed by atoms with Crippen molar-refractivity contribution in [1.82, 2.24) is 5.32 Å². The number of esters is 1. The number of likely N-dealkylation sites (N-methyl/N-ethyl adjacent to an activating group) is 1. The predicted molar refractivity (Wildman–Crippen MR) is 34.8 cm³/mol. The second kappa shape index (κ2) is 4.09. The van der Waals surface area contributed by atoms with Crippen molar-refractivity contribution in [1.29, 1.82) is 0 Å². The first-order valence-corrected chi connectivity index (χ1v) is 2.71. The summed E-state index contributed by atoms with van der Waals surface area (Å²) < 4.78 is 4.46. The molecule has 0 spiro atoms. The topological polar surface area (TPSA) is 38.3 Å². The van der Waals surface area contributed by atoms with Gasteiger partial charge in [-0.05, 0) is 14.0 Å². The van der Waals surface area contributed by atoms with Gasteiger partial charge in [-0.2, -0.15) is 0 Å². The third kappa shape index (κ3) is 2.87. The average Bonchev–Trinajstić information content (AvgIpc) is 1.87. The van der Waals surface area contributed by atoms with Crippen LogP contribution in [0.2, 0.25) is 0 Å². The van der Waals surface area contributed by atoms with Gasteiger partial charge in [0, 0.05) is 0 Å². The fourth-order valence-electron chi connectivity index (χ4n) is 0.302. The van der Waals surface area contributed by atoms with E-state index >= 15 is 0 Å². The van der Waals surface area contributed by atoms with E-state index in [2.05, 4.69) is 16.6 Å². The molecule has 1 N–H and O–H groups in total.